The Hall–Kier alpha value is 0.680. The van der Waals surface area contributed by atoms with E-state index in [1.54, 1.807) is 0 Å². The Morgan fingerprint density at radius 2 is 0.944 bits per heavy atom. The Morgan fingerprint density at radius 3 is 1.22 bits per heavy atom. The summed E-state index contributed by atoms with van der Waals surface area (Å²) in [6.45, 7) is 2.28. The zero-order valence-corrected chi connectivity index (χ0v) is 15.2. The molecule has 0 fully saturated rings. The molecule has 3 heteroatoms. The monoisotopic (exact) mass is 297 g/mol. The normalized spacial score (nSPS) is 9.67. The van der Waals surface area contributed by atoms with Gasteiger partial charge in [0, 0.05) is 0 Å². The molecule has 0 aromatic heterocycles. The number of hydrogen-bond donors (Lipinski definition) is 0. The largest absolute Gasteiger partial charge is 0.312 e. The molecule has 1 unspecified atom stereocenters. The summed E-state index contributed by atoms with van der Waals surface area (Å²) in [6.07, 6.45) is 15.7. The van der Waals surface area contributed by atoms with E-state index in [-0.39, 0.29) is 12.4 Å². The van der Waals surface area contributed by atoms with Gasteiger partial charge in [0.2, 0.25) is 0 Å². The Morgan fingerprint density at radius 1 is 0.667 bits per heavy atom. The Bertz CT molecular complexity index is 108. The molecule has 0 aliphatic heterocycles. The highest BCUT2D eigenvalue weighted by Gasteiger charge is 1.90. The van der Waals surface area contributed by atoms with E-state index in [4.69, 9.17) is 0 Å². The van der Waals surface area contributed by atoms with Crippen LogP contribution in [0.1, 0.15) is 71.1 Å². The van der Waals surface area contributed by atoms with E-state index in [1.807, 2.05) is 26.0 Å². The van der Waals surface area contributed by atoms with Gasteiger partial charge >= 0.3 is 0 Å². The van der Waals surface area contributed by atoms with Crippen LogP contribution in [0.5, 0.6) is 0 Å². The second kappa shape index (κ2) is 22.8. The molecule has 0 saturated carbocycles. The second-order valence-corrected chi connectivity index (χ2v) is 5.89. The molecule has 0 bridgehead atoms. The van der Waals surface area contributed by atoms with Crippen LogP contribution in [0.15, 0.2) is 0 Å². The van der Waals surface area contributed by atoms with Crippen molar-refractivity contribution in [3.8, 4) is 0 Å². The quantitative estimate of drug-likeness (QED) is 0.386. The Kier molecular flexibility index (Phi) is 30.1. The van der Waals surface area contributed by atoms with Gasteiger partial charge in [-0.25, -0.2) is 0 Å². The van der Waals surface area contributed by atoms with Gasteiger partial charge in [0.25, 0.3) is 0 Å². The van der Waals surface area contributed by atoms with Crippen molar-refractivity contribution in [3.05, 3.63) is 0 Å². The van der Waals surface area contributed by atoms with Crippen LogP contribution < -0.4 is 0 Å². The highest BCUT2D eigenvalue weighted by Crippen LogP contribution is 2.10. The van der Waals surface area contributed by atoms with Crippen molar-refractivity contribution in [3.63, 3.8) is 0 Å². The highest BCUT2D eigenvalue weighted by molar-refractivity contribution is 7.16. The van der Waals surface area contributed by atoms with E-state index in [1.165, 1.54) is 70.4 Å². The van der Waals surface area contributed by atoms with Gasteiger partial charge in [-0.1, -0.05) is 64.7 Å². The van der Waals surface area contributed by atoms with Gasteiger partial charge in [-0.2, -0.15) is 0 Å². The maximum absolute atomic E-state index is 2.81. The lowest BCUT2D eigenvalue weighted by molar-refractivity contribution is 0.505. The molecule has 0 rings (SSSR count). The molecule has 0 aliphatic carbocycles. The van der Waals surface area contributed by atoms with Crippen molar-refractivity contribution in [1.82, 2.24) is 4.90 Å². The standard InChI is InChI=1S/C12H27P.C3H9N.ClH/c1-2-3-4-5-6-7-8-9-10-11-12-13;1-4(2)3;/h2-13H2,1H3;1-3H3;1H. The van der Waals surface area contributed by atoms with E-state index in [0.29, 0.717) is 0 Å². The first-order valence-corrected chi connectivity index (χ1v) is 8.27. The Balaban J connectivity index is -0.000000392. The molecule has 0 aromatic carbocycles. The number of unbranched alkanes of at least 4 members (excludes halogenated alkanes) is 9. The summed E-state index contributed by atoms with van der Waals surface area (Å²) in [7, 11) is 8.81. The third-order valence-electron chi connectivity index (χ3n) is 2.56. The molecule has 114 valence electrons. The van der Waals surface area contributed by atoms with Gasteiger partial charge < -0.3 is 4.90 Å². The van der Waals surface area contributed by atoms with E-state index in [9.17, 15) is 0 Å². The minimum absolute atomic E-state index is 0. The third-order valence-corrected chi connectivity index (χ3v) is 2.97. The Labute approximate surface area is 125 Å². The number of hydrogen-bond acceptors (Lipinski definition) is 1. The van der Waals surface area contributed by atoms with Crippen molar-refractivity contribution in [1.29, 1.82) is 0 Å². The van der Waals surface area contributed by atoms with E-state index in [2.05, 4.69) is 16.2 Å². The molecule has 0 saturated heterocycles. The summed E-state index contributed by atoms with van der Waals surface area (Å²) in [4.78, 5) is 2.00. The predicted molar refractivity (Wildman–Crippen MR) is 93.3 cm³/mol. The zero-order chi connectivity index (χ0) is 13.4. The SMILES string of the molecule is CCCCCCCCCCCCP.CN(C)C.Cl. The molecule has 0 spiro atoms. The van der Waals surface area contributed by atoms with Crippen LogP contribution in [0.2, 0.25) is 0 Å². The van der Waals surface area contributed by atoms with Crippen molar-refractivity contribution in [2.75, 3.05) is 27.3 Å². The number of rotatable bonds is 10. The van der Waals surface area contributed by atoms with E-state index in [0.717, 1.165) is 0 Å². The smallest absolute Gasteiger partial charge is 0.0140 e. The van der Waals surface area contributed by atoms with Crippen molar-refractivity contribution in [2.24, 2.45) is 0 Å². The number of nitrogens with zero attached hydrogens (tertiary/aromatic N) is 1. The average molecular weight is 298 g/mol. The third kappa shape index (κ3) is 36.0. The molecule has 0 N–H and O–H groups in total. The van der Waals surface area contributed by atoms with Gasteiger partial charge in [-0.3, -0.25) is 0 Å². The summed E-state index contributed by atoms with van der Waals surface area (Å²) < 4.78 is 0. The number of halogens is 1. The van der Waals surface area contributed by atoms with Crippen LogP contribution in [0.3, 0.4) is 0 Å². The highest BCUT2D eigenvalue weighted by atomic mass is 35.5. The van der Waals surface area contributed by atoms with Crippen LogP contribution in [-0.4, -0.2) is 32.2 Å². The van der Waals surface area contributed by atoms with Gasteiger partial charge in [0.15, 0.2) is 0 Å². The summed E-state index contributed by atoms with van der Waals surface area (Å²) in [5, 5.41) is 0. The molecule has 1 nitrogen and oxygen atoms in total. The molecule has 0 radical (unpaired) electrons. The molecular formula is C15H37ClNP. The minimum Gasteiger partial charge on any atom is -0.312 e. The van der Waals surface area contributed by atoms with Crippen LogP contribution in [-0.2, 0) is 0 Å². The molecule has 0 amide bonds. The second-order valence-electron chi connectivity index (χ2n) is 5.31. The van der Waals surface area contributed by atoms with Gasteiger partial charge in [0.1, 0.15) is 0 Å². The fourth-order valence-electron chi connectivity index (χ4n) is 1.63. The lowest BCUT2D eigenvalue weighted by Gasteiger charge is -2.00. The van der Waals surface area contributed by atoms with E-state index < -0.39 is 0 Å². The van der Waals surface area contributed by atoms with Crippen molar-refractivity contribution < 1.29 is 0 Å². The summed E-state index contributed by atoms with van der Waals surface area (Å²) >= 11 is 0. The first kappa shape index (κ1) is 23.7. The summed E-state index contributed by atoms with van der Waals surface area (Å²) in [5.74, 6) is 0. The average Bonchev–Trinajstić information content (AvgIpc) is 2.26. The molecule has 0 heterocycles. The van der Waals surface area contributed by atoms with Gasteiger partial charge in [0.05, 0.1) is 0 Å². The molecule has 18 heavy (non-hydrogen) atoms. The maximum atomic E-state index is 2.81. The molecule has 0 aliphatic rings. The summed E-state index contributed by atoms with van der Waals surface area (Å²) in [5.41, 5.74) is 0. The molecular weight excluding hydrogens is 261 g/mol. The van der Waals surface area contributed by atoms with Crippen molar-refractivity contribution in [2.45, 2.75) is 71.1 Å². The lowest BCUT2D eigenvalue weighted by Crippen LogP contribution is -1.99. The van der Waals surface area contributed by atoms with Crippen LogP contribution in [0, 0.1) is 0 Å². The van der Waals surface area contributed by atoms with Gasteiger partial charge in [-0.05, 0) is 33.7 Å². The fraction of sp³-hybridized carbons (Fsp3) is 1.00. The molecule has 1 atom stereocenters. The fourth-order valence-corrected chi connectivity index (χ4v) is 1.92. The van der Waals surface area contributed by atoms with Crippen molar-refractivity contribution >= 4 is 21.6 Å². The van der Waals surface area contributed by atoms with Crippen LogP contribution >= 0.6 is 21.6 Å². The lowest BCUT2D eigenvalue weighted by atomic mass is 10.1. The summed E-state index contributed by atoms with van der Waals surface area (Å²) in [6, 6.07) is 0. The first-order valence-electron chi connectivity index (χ1n) is 7.46. The molecule has 0 aromatic rings. The topological polar surface area (TPSA) is 3.24 Å². The van der Waals surface area contributed by atoms with Crippen LogP contribution in [0.4, 0.5) is 0 Å². The van der Waals surface area contributed by atoms with E-state index >= 15 is 0 Å². The zero-order valence-electron chi connectivity index (χ0n) is 13.2. The predicted octanol–water partition coefficient (Wildman–Crippen LogP) is 5.38. The van der Waals surface area contributed by atoms with Gasteiger partial charge in [-0.15, -0.1) is 21.6 Å². The maximum Gasteiger partial charge on any atom is -0.0140 e. The first-order chi connectivity index (χ1) is 8.15. The minimum atomic E-state index is 0. The van der Waals surface area contributed by atoms with Crippen LogP contribution in [0.25, 0.3) is 0 Å².